The summed E-state index contributed by atoms with van der Waals surface area (Å²) in [6, 6.07) is 2.24. The van der Waals surface area contributed by atoms with Crippen LogP contribution >= 0.6 is 0 Å². The number of anilines is 4. The van der Waals surface area contributed by atoms with Crippen LogP contribution in [0, 0.1) is 24.2 Å². The Balaban J connectivity index is 1.40. The van der Waals surface area contributed by atoms with Crippen molar-refractivity contribution in [3.05, 3.63) is 23.7 Å². The van der Waals surface area contributed by atoms with Crippen molar-refractivity contribution in [3.63, 3.8) is 0 Å². The minimum Gasteiger partial charge on any atom is -0.351 e. The topological polar surface area (TPSA) is 132 Å². The Bertz CT molecular complexity index is 993. The van der Waals surface area contributed by atoms with Crippen LogP contribution in [0.5, 0.6) is 0 Å². The average molecular weight is 407 g/mol. The van der Waals surface area contributed by atoms with Gasteiger partial charge in [0.05, 0.1) is 23.7 Å². The Labute approximate surface area is 175 Å². The number of fused-ring (bicyclic) bond motifs is 1. The van der Waals surface area contributed by atoms with E-state index in [1.807, 2.05) is 38.8 Å². The van der Waals surface area contributed by atoms with E-state index in [-0.39, 0.29) is 30.0 Å². The summed E-state index contributed by atoms with van der Waals surface area (Å²) in [5.74, 6) is 1.97. The summed E-state index contributed by atoms with van der Waals surface area (Å²) in [5.41, 5.74) is 1.86. The average Bonchev–Trinajstić information content (AvgIpc) is 2.67. The van der Waals surface area contributed by atoms with E-state index in [9.17, 15) is 4.79 Å². The largest absolute Gasteiger partial charge is 0.351 e. The van der Waals surface area contributed by atoms with Crippen LogP contribution in [0.3, 0.4) is 0 Å². The molecule has 2 aliphatic rings. The van der Waals surface area contributed by atoms with Gasteiger partial charge in [-0.3, -0.25) is 4.79 Å². The minimum absolute atomic E-state index is 0.0228. The van der Waals surface area contributed by atoms with Gasteiger partial charge >= 0.3 is 0 Å². The number of nitrogens with zero attached hydrogens (tertiary/aromatic N) is 6. The Hall–Kier alpha value is -3.48. The number of likely N-dealkylation sites (N-methyl/N-ethyl adjacent to an activating group) is 1. The molecule has 10 nitrogen and oxygen atoms in total. The molecule has 4 rings (SSSR count). The molecule has 3 heterocycles. The van der Waals surface area contributed by atoms with E-state index in [1.165, 1.54) is 12.4 Å². The molecule has 2 aromatic rings. The maximum atomic E-state index is 12.4. The smallest absolute Gasteiger partial charge is 0.247 e. The highest BCUT2D eigenvalue weighted by atomic mass is 16.2. The molecule has 0 radical (unpaired) electrons. The number of amides is 1. The van der Waals surface area contributed by atoms with Crippen molar-refractivity contribution >= 4 is 29.3 Å². The van der Waals surface area contributed by atoms with E-state index in [0.29, 0.717) is 23.1 Å². The predicted octanol–water partition coefficient (Wildman–Crippen LogP) is 1.91. The van der Waals surface area contributed by atoms with Crippen LogP contribution < -0.4 is 20.9 Å². The summed E-state index contributed by atoms with van der Waals surface area (Å²) in [5, 5.41) is 18.4. The summed E-state index contributed by atoms with van der Waals surface area (Å²) in [6.07, 6.45) is 4.77. The Kier molecular flexibility index (Phi) is 5.11. The number of hydrogen-bond donors (Lipinski definition) is 3. The lowest BCUT2D eigenvalue weighted by atomic mass is 9.87. The molecule has 1 saturated carbocycles. The first-order chi connectivity index (χ1) is 14.4. The summed E-state index contributed by atoms with van der Waals surface area (Å²) in [4.78, 5) is 31.9. The number of aromatic nitrogens is 4. The van der Waals surface area contributed by atoms with Gasteiger partial charge in [-0.25, -0.2) is 15.0 Å². The fraction of sp³-hybridized carbons (Fsp3) is 0.500. The molecule has 3 N–H and O–H groups in total. The van der Waals surface area contributed by atoms with Crippen LogP contribution in [0.2, 0.25) is 0 Å². The first-order valence-corrected chi connectivity index (χ1v) is 10.0. The standard InChI is InChI=1S/C20H25N9O/c1-10(2)16-18(30)27-15-11(3)24-20(28-17(15)29(16)4)26-14-5-13(6-14)25-19-22-8-12(7-21)9-23-19/h8-10,13-14,16H,5-6H2,1-4H3,(H,27,30)(H,22,23,25)(H,24,26,28). The molecule has 0 bridgehead atoms. The Morgan fingerprint density at radius 1 is 1.17 bits per heavy atom. The van der Waals surface area contributed by atoms with Crippen LogP contribution in [0.15, 0.2) is 12.4 Å². The molecule has 1 aliphatic carbocycles. The van der Waals surface area contributed by atoms with E-state index in [0.717, 1.165) is 24.4 Å². The quantitative estimate of drug-likeness (QED) is 0.680. The van der Waals surface area contributed by atoms with Crippen molar-refractivity contribution in [3.8, 4) is 6.07 Å². The van der Waals surface area contributed by atoms with Crippen LogP contribution in [0.1, 0.15) is 37.9 Å². The van der Waals surface area contributed by atoms with Gasteiger partial charge in [0.2, 0.25) is 17.8 Å². The number of aryl methyl sites for hydroxylation is 1. The second-order valence-corrected chi connectivity index (χ2v) is 8.18. The number of hydrogen-bond acceptors (Lipinski definition) is 9. The van der Waals surface area contributed by atoms with Crippen molar-refractivity contribution in [2.24, 2.45) is 5.92 Å². The van der Waals surface area contributed by atoms with E-state index < -0.39 is 0 Å². The highest BCUT2D eigenvalue weighted by Gasteiger charge is 2.36. The second kappa shape index (κ2) is 7.74. The first kappa shape index (κ1) is 19.8. The Morgan fingerprint density at radius 3 is 2.40 bits per heavy atom. The molecule has 30 heavy (non-hydrogen) atoms. The van der Waals surface area contributed by atoms with Crippen molar-refractivity contribution in [1.82, 2.24) is 19.9 Å². The summed E-state index contributed by atoms with van der Waals surface area (Å²) in [7, 11) is 1.90. The molecular formula is C20H25N9O. The molecule has 2 aromatic heterocycles. The fourth-order valence-electron chi connectivity index (χ4n) is 3.96. The molecule has 1 fully saturated rings. The van der Waals surface area contributed by atoms with Gasteiger partial charge in [-0.1, -0.05) is 13.8 Å². The zero-order chi connectivity index (χ0) is 21.4. The zero-order valence-corrected chi connectivity index (χ0v) is 17.5. The summed E-state index contributed by atoms with van der Waals surface area (Å²) >= 11 is 0. The maximum Gasteiger partial charge on any atom is 0.247 e. The fourth-order valence-corrected chi connectivity index (χ4v) is 3.96. The molecule has 1 unspecified atom stereocenters. The van der Waals surface area contributed by atoms with Crippen molar-refractivity contribution in [1.29, 1.82) is 5.26 Å². The van der Waals surface area contributed by atoms with E-state index in [4.69, 9.17) is 5.26 Å². The van der Waals surface area contributed by atoms with Gasteiger partial charge in [0.25, 0.3) is 0 Å². The third-order valence-electron chi connectivity index (χ3n) is 5.56. The third-order valence-corrected chi connectivity index (χ3v) is 5.56. The summed E-state index contributed by atoms with van der Waals surface area (Å²) in [6.45, 7) is 5.93. The van der Waals surface area contributed by atoms with E-state index in [1.54, 1.807) is 0 Å². The number of carbonyl (C=O) groups is 1. The molecule has 0 saturated heterocycles. The van der Waals surface area contributed by atoms with Gasteiger partial charge in [0, 0.05) is 19.1 Å². The number of nitrogens with one attached hydrogen (secondary N) is 3. The third kappa shape index (κ3) is 3.70. The van der Waals surface area contributed by atoms with Crippen molar-refractivity contribution in [2.75, 3.05) is 27.9 Å². The van der Waals surface area contributed by atoms with Crippen LogP contribution in [-0.2, 0) is 4.79 Å². The molecule has 0 spiro atoms. The molecule has 156 valence electrons. The zero-order valence-electron chi connectivity index (χ0n) is 17.5. The van der Waals surface area contributed by atoms with Gasteiger partial charge in [-0.15, -0.1) is 0 Å². The highest BCUT2D eigenvalue weighted by Crippen LogP contribution is 2.35. The lowest BCUT2D eigenvalue weighted by Crippen LogP contribution is -2.50. The van der Waals surface area contributed by atoms with Gasteiger partial charge in [0.15, 0.2) is 5.82 Å². The SMILES string of the molecule is Cc1nc(NC2CC(Nc3ncc(C#N)cn3)C2)nc2c1NC(=O)C(C(C)C)N2C. The molecule has 1 aliphatic heterocycles. The van der Waals surface area contributed by atoms with Crippen molar-refractivity contribution in [2.45, 2.75) is 51.7 Å². The predicted molar refractivity (Wildman–Crippen MR) is 113 cm³/mol. The lowest BCUT2D eigenvalue weighted by molar-refractivity contribution is -0.118. The van der Waals surface area contributed by atoms with Gasteiger partial charge < -0.3 is 20.9 Å². The Morgan fingerprint density at radius 2 is 1.80 bits per heavy atom. The maximum absolute atomic E-state index is 12.4. The van der Waals surface area contributed by atoms with Gasteiger partial charge in [0.1, 0.15) is 17.8 Å². The molecule has 1 amide bonds. The lowest BCUT2D eigenvalue weighted by Gasteiger charge is -2.38. The highest BCUT2D eigenvalue weighted by molar-refractivity contribution is 6.03. The molecule has 0 aromatic carbocycles. The van der Waals surface area contributed by atoms with E-state index >= 15 is 0 Å². The van der Waals surface area contributed by atoms with E-state index in [2.05, 4.69) is 35.9 Å². The number of rotatable bonds is 5. The minimum atomic E-state index is -0.260. The molecular weight excluding hydrogens is 382 g/mol. The first-order valence-electron chi connectivity index (χ1n) is 10.0. The monoisotopic (exact) mass is 407 g/mol. The van der Waals surface area contributed by atoms with Crippen LogP contribution in [0.4, 0.5) is 23.4 Å². The number of carbonyl (C=O) groups excluding carboxylic acids is 1. The van der Waals surface area contributed by atoms with Crippen LogP contribution in [0.25, 0.3) is 0 Å². The van der Waals surface area contributed by atoms with Crippen LogP contribution in [-0.4, -0.2) is 51.0 Å². The summed E-state index contributed by atoms with van der Waals surface area (Å²) < 4.78 is 0. The normalized spacial score (nSPS) is 22.6. The molecule has 10 heteroatoms. The molecule has 1 atom stereocenters. The van der Waals surface area contributed by atoms with Crippen molar-refractivity contribution < 1.29 is 4.79 Å². The second-order valence-electron chi connectivity index (χ2n) is 8.18. The van der Waals surface area contributed by atoms with Gasteiger partial charge in [-0.05, 0) is 25.7 Å². The van der Waals surface area contributed by atoms with Gasteiger partial charge in [-0.2, -0.15) is 10.2 Å². The number of nitriles is 1.